The Morgan fingerprint density at radius 2 is 2.17 bits per heavy atom. The minimum atomic E-state index is -0.138. The standard InChI is InChI=1S/C17H26N4O3/c1-20-9-7-18-14(20)16(23)21-11-13(15(22)19-8-10-24-2)17(12-21)5-3-4-6-17/h7,9,13H,3-6,8,10-12H2,1-2H3,(H,19,22). The van der Waals surface area contributed by atoms with E-state index in [1.807, 2.05) is 11.9 Å². The minimum absolute atomic E-state index is 0.0455. The number of likely N-dealkylation sites (tertiary alicyclic amines) is 1. The molecule has 2 aliphatic rings. The van der Waals surface area contributed by atoms with E-state index >= 15 is 0 Å². The second-order valence-electron chi connectivity index (χ2n) is 6.95. The molecule has 1 N–H and O–H groups in total. The molecule has 7 nitrogen and oxygen atoms in total. The summed E-state index contributed by atoms with van der Waals surface area (Å²) >= 11 is 0. The zero-order valence-corrected chi connectivity index (χ0v) is 14.5. The number of carbonyl (C=O) groups is 2. The Hall–Kier alpha value is -1.89. The van der Waals surface area contributed by atoms with E-state index in [-0.39, 0.29) is 23.1 Å². The van der Waals surface area contributed by atoms with Gasteiger partial charge in [-0.25, -0.2) is 4.98 Å². The lowest BCUT2D eigenvalue weighted by atomic mass is 9.76. The zero-order valence-electron chi connectivity index (χ0n) is 14.5. The monoisotopic (exact) mass is 334 g/mol. The van der Waals surface area contributed by atoms with E-state index in [0.717, 1.165) is 25.7 Å². The number of rotatable bonds is 5. The van der Waals surface area contributed by atoms with Crippen LogP contribution in [0, 0.1) is 11.3 Å². The normalized spacial score (nSPS) is 22.2. The van der Waals surface area contributed by atoms with E-state index in [9.17, 15) is 9.59 Å². The highest BCUT2D eigenvalue weighted by atomic mass is 16.5. The fourth-order valence-corrected chi connectivity index (χ4v) is 4.18. The number of nitrogens with zero attached hydrogens (tertiary/aromatic N) is 3. The lowest BCUT2D eigenvalue weighted by molar-refractivity contribution is -0.127. The molecule has 24 heavy (non-hydrogen) atoms. The lowest BCUT2D eigenvalue weighted by Gasteiger charge is -2.28. The van der Waals surface area contributed by atoms with Crippen LogP contribution in [0.4, 0.5) is 0 Å². The maximum Gasteiger partial charge on any atom is 0.289 e. The molecule has 1 saturated heterocycles. The van der Waals surface area contributed by atoms with Crippen molar-refractivity contribution in [1.29, 1.82) is 0 Å². The SMILES string of the molecule is COCCNC(=O)C1CN(C(=O)c2nccn2C)CC12CCCC2. The van der Waals surface area contributed by atoms with Crippen molar-refractivity contribution in [3.8, 4) is 0 Å². The number of ether oxygens (including phenoxy) is 1. The van der Waals surface area contributed by atoms with Crippen LogP contribution in [0.3, 0.4) is 0 Å². The summed E-state index contributed by atoms with van der Waals surface area (Å²) in [6, 6.07) is 0. The molecule has 1 spiro atoms. The highest BCUT2D eigenvalue weighted by Gasteiger charge is 2.52. The minimum Gasteiger partial charge on any atom is -0.383 e. The van der Waals surface area contributed by atoms with Crippen molar-refractivity contribution in [3.63, 3.8) is 0 Å². The molecule has 7 heteroatoms. The summed E-state index contributed by atoms with van der Waals surface area (Å²) in [7, 11) is 3.43. The van der Waals surface area contributed by atoms with Gasteiger partial charge in [0, 0.05) is 51.6 Å². The maximum atomic E-state index is 12.8. The van der Waals surface area contributed by atoms with E-state index in [1.54, 1.807) is 24.1 Å². The Bertz CT molecular complexity index is 607. The van der Waals surface area contributed by atoms with Crippen molar-refractivity contribution in [2.45, 2.75) is 25.7 Å². The molecule has 1 aromatic heterocycles. The van der Waals surface area contributed by atoms with Crippen LogP contribution in [-0.2, 0) is 16.6 Å². The molecule has 0 radical (unpaired) electrons. The third-order valence-corrected chi connectivity index (χ3v) is 5.47. The van der Waals surface area contributed by atoms with Gasteiger partial charge >= 0.3 is 0 Å². The molecule has 1 aliphatic carbocycles. The molecule has 132 valence electrons. The average Bonchev–Trinajstić information content (AvgIpc) is 3.28. The predicted molar refractivity (Wildman–Crippen MR) is 88.4 cm³/mol. The molecule has 0 bridgehead atoms. The first-order valence-electron chi connectivity index (χ1n) is 8.61. The Labute approximate surface area is 142 Å². The van der Waals surface area contributed by atoms with Gasteiger partial charge in [-0.1, -0.05) is 12.8 Å². The molecule has 2 amide bonds. The number of nitrogens with one attached hydrogen (secondary N) is 1. The van der Waals surface area contributed by atoms with Crippen molar-refractivity contribution < 1.29 is 14.3 Å². The number of hydrogen-bond acceptors (Lipinski definition) is 4. The largest absolute Gasteiger partial charge is 0.383 e. The van der Waals surface area contributed by atoms with Crippen LogP contribution in [0.15, 0.2) is 12.4 Å². The van der Waals surface area contributed by atoms with Crippen molar-refractivity contribution in [1.82, 2.24) is 19.8 Å². The van der Waals surface area contributed by atoms with Crippen LogP contribution >= 0.6 is 0 Å². The summed E-state index contributed by atoms with van der Waals surface area (Å²) in [5, 5.41) is 2.96. The van der Waals surface area contributed by atoms with Crippen LogP contribution in [0.25, 0.3) is 0 Å². The fourth-order valence-electron chi connectivity index (χ4n) is 4.18. The second kappa shape index (κ2) is 6.93. The zero-order chi connectivity index (χ0) is 17.2. The smallest absolute Gasteiger partial charge is 0.289 e. The first-order chi connectivity index (χ1) is 11.6. The van der Waals surface area contributed by atoms with Crippen molar-refractivity contribution in [2.24, 2.45) is 18.4 Å². The Morgan fingerprint density at radius 1 is 1.42 bits per heavy atom. The van der Waals surface area contributed by atoms with Gasteiger partial charge in [0.05, 0.1) is 12.5 Å². The second-order valence-corrected chi connectivity index (χ2v) is 6.95. The van der Waals surface area contributed by atoms with Crippen LogP contribution in [0.2, 0.25) is 0 Å². The van der Waals surface area contributed by atoms with E-state index in [0.29, 0.717) is 32.1 Å². The topological polar surface area (TPSA) is 76.5 Å². The third kappa shape index (κ3) is 3.05. The molecule has 2 fully saturated rings. The van der Waals surface area contributed by atoms with Crippen molar-refractivity contribution in [2.75, 3.05) is 33.4 Å². The van der Waals surface area contributed by atoms with E-state index < -0.39 is 0 Å². The number of hydrogen-bond donors (Lipinski definition) is 1. The van der Waals surface area contributed by atoms with E-state index in [4.69, 9.17) is 4.74 Å². The van der Waals surface area contributed by atoms with Crippen molar-refractivity contribution in [3.05, 3.63) is 18.2 Å². The summed E-state index contributed by atoms with van der Waals surface area (Å²) in [4.78, 5) is 31.4. The van der Waals surface area contributed by atoms with Crippen LogP contribution in [0.1, 0.15) is 36.3 Å². The maximum absolute atomic E-state index is 12.8. The van der Waals surface area contributed by atoms with Gasteiger partial charge in [-0.2, -0.15) is 0 Å². The van der Waals surface area contributed by atoms with Gasteiger partial charge in [0.2, 0.25) is 5.91 Å². The Kier molecular flexibility index (Phi) is 4.89. The molecule has 1 aliphatic heterocycles. The summed E-state index contributed by atoms with van der Waals surface area (Å²) in [5.74, 6) is 0.259. The number of aromatic nitrogens is 2. The summed E-state index contributed by atoms with van der Waals surface area (Å²) in [6.45, 7) is 2.14. The number of imidazole rings is 1. The van der Waals surface area contributed by atoms with E-state index in [1.165, 1.54) is 0 Å². The predicted octanol–water partition coefficient (Wildman–Crippen LogP) is 0.815. The summed E-state index contributed by atoms with van der Waals surface area (Å²) in [5.41, 5.74) is -0.0714. The van der Waals surface area contributed by atoms with Crippen molar-refractivity contribution >= 4 is 11.8 Å². The van der Waals surface area contributed by atoms with Gasteiger partial charge in [-0.15, -0.1) is 0 Å². The van der Waals surface area contributed by atoms with Gasteiger partial charge in [-0.3, -0.25) is 9.59 Å². The molecule has 1 aromatic rings. The summed E-state index contributed by atoms with van der Waals surface area (Å²) < 4.78 is 6.73. The number of amides is 2. The van der Waals surface area contributed by atoms with E-state index in [2.05, 4.69) is 10.3 Å². The van der Waals surface area contributed by atoms with Gasteiger partial charge in [0.15, 0.2) is 5.82 Å². The quantitative estimate of drug-likeness (QED) is 0.809. The first kappa shape index (κ1) is 17.0. The molecule has 1 unspecified atom stereocenters. The van der Waals surface area contributed by atoms with Gasteiger partial charge < -0.3 is 19.5 Å². The number of carbonyl (C=O) groups excluding carboxylic acids is 2. The molecular weight excluding hydrogens is 308 g/mol. The molecule has 2 heterocycles. The summed E-state index contributed by atoms with van der Waals surface area (Å²) in [6.07, 6.45) is 7.69. The van der Waals surface area contributed by atoms with Crippen LogP contribution in [-0.4, -0.2) is 59.6 Å². The first-order valence-corrected chi connectivity index (χ1v) is 8.61. The number of methoxy groups -OCH3 is 1. The Balaban J connectivity index is 1.75. The molecule has 0 aromatic carbocycles. The fraction of sp³-hybridized carbons (Fsp3) is 0.706. The Morgan fingerprint density at radius 3 is 2.79 bits per heavy atom. The highest BCUT2D eigenvalue weighted by molar-refractivity contribution is 5.92. The van der Waals surface area contributed by atoms with Crippen LogP contribution < -0.4 is 5.32 Å². The van der Waals surface area contributed by atoms with Gasteiger partial charge in [0.1, 0.15) is 0 Å². The van der Waals surface area contributed by atoms with Gasteiger partial charge in [-0.05, 0) is 12.8 Å². The highest BCUT2D eigenvalue weighted by Crippen LogP contribution is 2.49. The molecular formula is C17H26N4O3. The molecule has 1 saturated carbocycles. The molecule has 3 rings (SSSR count). The van der Waals surface area contributed by atoms with Crippen LogP contribution in [0.5, 0.6) is 0 Å². The molecule has 1 atom stereocenters. The average molecular weight is 334 g/mol. The van der Waals surface area contributed by atoms with Gasteiger partial charge in [0.25, 0.3) is 5.91 Å². The lowest BCUT2D eigenvalue weighted by Crippen LogP contribution is -2.41. The third-order valence-electron chi connectivity index (χ3n) is 5.47. The number of aryl methyl sites for hydroxylation is 1.